The molecule has 0 spiro atoms. The van der Waals surface area contributed by atoms with Crippen LogP contribution in [0.25, 0.3) is 10.8 Å². The Labute approximate surface area is 98.2 Å². The van der Waals surface area contributed by atoms with Gasteiger partial charge in [0.15, 0.2) is 0 Å². The van der Waals surface area contributed by atoms with E-state index in [1.807, 2.05) is 13.0 Å². The minimum Gasteiger partial charge on any atom is -0.495 e. The van der Waals surface area contributed by atoms with Crippen molar-refractivity contribution in [1.82, 2.24) is 0 Å². The number of nitriles is 1. The summed E-state index contributed by atoms with van der Waals surface area (Å²) in [5, 5.41) is 10.3. The molecule has 0 aliphatic heterocycles. The highest BCUT2D eigenvalue weighted by molar-refractivity contribution is 5.95. The first-order chi connectivity index (χ1) is 8.08. The standard InChI is InChI=1S/C13H11FN2O/c1-7-3-9(16)4-8-5-11(14)10(6-15)13(17-2)12(7)8/h3-5H,16H2,1-2H3. The number of hydrogen-bond acceptors (Lipinski definition) is 3. The number of nitrogens with zero attached hydrogens (tertiary/aromatic N) is 1. The fourth-order valence-electron chi connectivity index (χ4n) is 2.02. The Hall–Kier alpha value is -2.28. The predicted molar refractivity (Wildman–Crippen MR) is 64.3 cm³/mol. The van der Waals surface area contributed by atoms with E-state index in [2.05, 4.69) is 0 Å². The van der Waals surface area contributed by atoms with Crippen LogP contribution in [-0.2, 0) is 0 Å². The molecule has 2 rings (SSSR count). The maximum absolute atomic E-state index is 13.7. The van der Waals surface area contributed by atoms with E-state index in [1.165, 1.54) is 13.2 Å². The van der Waals surface area contributed by atoms with Crippen molar-refractivity contribution < 1.29 is 9.13 Å². The van der Waals surface area contributed by atoms with Crippen molar-refractivity contribution in [2.24, 2.45) is 0 Å². The van der Waals surface area contributed by atoms with E-state index < -0.39 is 5.82 Å². The van der Waals surface area contributed by atoms with E-state index in [0.29, 0.717) is 11.1 Å². The van der Waals surface area contributed by atoms with E-state index in [4.69, 9.17) is 15.7 Å². The molecule has 0 saturated carbocycles. The van der Waals surface area contributed by atoms with Crippen LogP contribution in [0.2, 0.25) is 0 Å². The SMILES string of the molecule is COc1c(C#N)c(F)cc2cc(N)cc(C)c12. The number of benzene rings is 2. The van der Waals surface area contributed by atoms with Crippen molar-refractivity contribution in [2.45, 2.75) is 6.92 Å². The Balaban J connectivity index is 3.00. The molecule has 0 bridgehead atoms. The van der Waals surface area contributed by atoms with Gasteiger partial charge >= 0.3 is 0 Å². The molecule has 2 aromatic carbocycles. The number of nitrogens with two attached hydrogens (primary N) is 1. The lowest BCUT2D eigenvalue weighted by molar-refractivity contribution is 0.414. The molecule has 0 radical (unpaired) electrons. The monoisotopic (exact) mass is 230 g/mol. The maximum Gasteiger partial charge on any atom is 0.147 e. The van der Waals surface area contributed by atoms with Gasteiger partial charge in [-0.2, -0.15) is 5.26 Å². The van der Waals surface area contributed by atoms with Gasteiger partial charge in [-0.05, 0) is 36.1 Å². The molecule has 4 heteroatoms. The molecule has 86 valence electrons. The number of fused-ring (bicyclic) bond motifs is 1. The molecule has 2 N–H and O–H groups in total. The summed E-state index contributed by atoms with van der Waals surface area (Å²) in [5.41, 5.74) is 7.04. The Morgan fingerprint density at radius 2 is 2.06 bits per heavy atom. The van der Waals surface area contributed by atoms with Gasteiger partial charge < -0.3 is 10.5 Å². The molecule has 0 atom stereocenters. The Morgan fingerprint density at radius 3 is 2.65 bits per heavy atom. The lowest BCUT2D eigenvalue weighted by Gasteiger charge is -2.11. The largest absolute Gasteiger partial charge is 0.495 e. The zero-order valence-corrected chi connectivity index (χ0v) is 9.54. The van der Waals surface area contributed by atoms with Crippen molar-refractivity contribution in [3.05, 3.63) is 35.1 Å². The maximum atomic E-state index is 13.7. The van der Waals surface area contributed by atoms with Crippen LogP contribution in [0.5, 0.6) is 5.75 Å². The topological polar surface area (TPSA) is 59.0 Å². The van der Waals surface area contributed by atoms with Gasteiger partial charge in [0.05, 0.1) is 7.11 Å². The summed E-state index contributed by atoms with van der Waals surface area (Å²) in [6.07, 6.45) is 0. The number of nitrogen functional groups attached to an aromatic ring is 1. The summed E-state index contributed by atoms with van der Waals surface area (Å²) in [4.78, 5) is 0. The van der Waals surface area contributed by atoms with Crippen LogP contribution in [0.15, 0.2) is 18.2 Å². The van der Waals surface area contributed by atoms with E-state index in [-0.39, 0.29) is 11.3 Å². The minimum absolute atomic E-state index is 0.0760. The fraction of sp³-hybridized carbons (Fsp3) is 0.154. The highest BCUT2D eigenvalue weighted by Gasteiger charge is 2.15. The zero-order valence-electron chi connectivity index (χ0n) is 9.54. The first-order valence-corrected chi connectivity index (χ1v) is 5.05. The van der Waals surface area contributed by atoms with Gasteiger partial charge in [0.25, 0.3) is 0 Å². The lowest BCUT2D eigenvalue weighted by Crippen LogP contribution is -1.96. The van der Waals surface area contributed by atoms with Crippen LogP contribution in [0.3, 0.4) is 0 Å². The van der Waals surface area contributed by atoms with Crippen LogP contribution in [0, 0.1) is 24.1 Å². The number of hydrogen-bond donors (Lipinski definition) is 1. The number of halogens is 1. The third kappa shape index (κ3) is 1.66. The molecule has 0 aliphatic rings. The summed E-state index contributed by atoms with van der Waals surface area (Å²) in [6, 6.07) is 6.55. The minimum atomic E-state index is -0.596. The molecule has 0 saturated heterocycles. The van der Waals surface area contributed by atoms with Crippen molar-refractivity contribution in [3.8, 4) is 11.8 Å². The van der Waals surface area contributed by atoms with Gasteiger partial charge in [-0.3, -0.25) is 0 Å². The molecular weight excluding hydrogens is 219 g/mol. The van der Waals surface area contributed by atoms with E-state index in [0.717, 1.165) is 10.9 Å². The Kier molecular flexibility index (Phi) is 2.60. The van der Waals surface area contributed by atoms with Crippen LogP contribution >= 0.6 is 0 Å². The third-order valence-corrected chi connectivity index (χ3v) is 2.68. The number of rotatable bonds is 1. The normalized spacial score (nSPS) is 10.2. The smallest absolute Gasteiger partial charge is 0.147 e. The van der Waals surface area contributed by atoms with Crippen LogP contribution in [0.1, 0.15) is 11.1 Å². The van der Waals surface area contributed by atoms with Crippen LogP contribution in [-0.4, -0.2) is 7.11 Å². The summed E-state index contributed by atoms with van der Waals surface area (Å²) >= 11 is 0. The molecule has 17 heavy (non-hydrogen) atoms. The predicted octanol–water partition coefficient (Wildman–Crippen LogP) is 2.75. The fourth-order valence-corrected chi connectivity index (χ4v) is 2.02. The first kappa shape index (κ1) is 11.2. The number of methoxy groups -OCH3 is 1. The molecule has 3 nitrogen and oxygen atoms in total. The van der Waals surface area contributed by atoms with Crippen molar-refractivity contribution >= 4 is 16.5 Å². The van der Waals surface area contributed by atoms with Crippen molar-refractivity contribution in [1.29, 1.82) is 5.26 Å². The number of ether oxygens (including phenoxy) is 1. The highest BCUT2D eigenvalue weighted by atomic mass is 19.1. The molecule has 0 aromatic heterocycles. The van der Waals surface area contributed by atoms with Crippen LogP contribution in [0.4, 0.5) is 10.1 Å². The summed E-state index contributed by atoms with van der Waals surface area (Å²) < 4.78 is 18.8. The van der Waals surface area contributed by atoms with Crippen LogP contribution < -0.4 is 10.5 Å². The Bertz CT molecular complexity index is 644. The number of anilines is 1. The van der Waals surface area contributed by atoms with E-state index in [1.54, 1.807) is 12.1 Å². The quantitative estimate of drug-likeness (QED) is 0.766. The van der Waals surface area contributed by atoms with E-state index in [9.17, 15) is 4.39 Å². The van der Waals surface area contributed by atoms with Gasteiger partial charge in [0.1, 0.15) is 23.2 Å². The molecule has 0 unspecified atom stereocenters. The molecule has 0 heterocycles. The molecule has 0 fully saturated rings. The van der Waals surface area contributed by atoms with E-state index >= 15 is 0 Å². The summed E-state index contributed by atoms with van der Waals surface area (Å²) in [7, 11) is 1.42. The Morgan fingerprint density at radius 1 is 1.35 bits per heavy atom. The van der Waals surface area contributed by atoms with Crippen molar-refractivity contribution in [2.75, 3.05) is 12.8 Å². The average Bonchev–Trinajstić information content (AvgIpc) is 2.26. The lowest BCUT2D eigenvalue weighted by atomic mass is 10.00. The molecule has 0 aliphatic carbocycles. The highest BCUT2D eigenvalue weighted by Crippen LogP contribution is 2.35. The second-order valence-corrected chi connectivity index (χ2v) is 3.81. The second-order valence-electron chi connectivity index (χ2n) is 3.81. The number of aryl methyl sites for hydroxylation is 1. The summed E-state index contributed by atoms with van der Waals surface area (Å²) in [5.74, 6) is -0.332. The molecule has 2 aromatic rings. The van der Waals surface area contributed by atoms with Gasteiger partial charge in [-0.25, -0.2) is 4.39 Å². The van der Waals surface area contributed by atoms with Gasteiger partial charge in [0, 0.05) is 11.1 Å². The first-order valence-electron chi connectivity index (χ1n) is 5.05. The average molecular weight is 230 g/mol. The van der Waals surface area contributed by atoms with Gasteiger partial charge in [0.2, 0.25) is 0 Å². The summed E-state index contributed by atoms with van der Waals surface area (Å²) in [6.45, 7) is 1.85. The van der Waals surface area contributed by atoms with Gasteiger partial charge in [-0.1, -0.05) is 0 Å². The molecule has 0 amide bonds. The van der Waals surface area contributed by atoms with Crippen molar-refractivity contribution in [3.63, 3.8) is 0 Å². The van der Waals surface area contributed by atoms with Gasteiger partial charge in [-0.15, -0.1) is 0 Å². The second kappa shape index (κ2) is 3.95. The third-order valence-electron chi connectivity index (χ3n) is 2.68. The zero-order chi connectivity index (χ0) is 12.6. The molecular formula is C13H11FN2O.